The van der Waals surface area contributed by atoms with Crippen molar-refractivity contribution in [1.29, 1.82) is 0 Å². The second-order valence-electron chi connectivity index (χ2n) is 3.72. The Hall–Kier alpha value is -2.37. The van der Waals surface area contributed by atoms with Gasteiger partial charge in [0.15, 0.2) is 0 Å². The van der Waals surface area contributed by atoms with Gasteiger partial charge in [0.25, 0.3) is 5.91 Å². The molecule has 0 aromatic carbocycles. The summed E-state index contributed by atoms with van der Waals surface area (Å²) in [6.45, 7) is 0.514. The minimum Gasteiger partial charge on any atom is -0.382 e. The molecule has 88 valence electrons. The van der Waals surface area contributed by atoms with E-state index in [9.17, 15) is 4.79 Å². The zero-order valence-electron chi connectivity index (χ0n) is 9.42. The number of rotatable bonds is 3. The van der Waals surface area contributed by atoms with Crippen LogP contribution in [0.2, 0.25) is 0 Å². The maximum atomic E-state index is 11.9. The van der Waals surface area contributed by atoms with Gasteiger partial charge in [-0.2, -0.15) is 5.10 Å². The summed E-state index contributed by atoms with van der Waals surface area (Å²) in [6.07, 6.45) is 3.39. The van der Waals surface area contributed by atoms with Crippen LogP contribution in [-0.2, 0) is 6.54 Å². The smallest absolute Gasteiger partial charge is 0.271 e. The standard InChI is InChI=1S/C11H13N5O/c1-16(7-8-2-4-13-5-3-8)11(17)9-6-10(12)15-14-9/h2-6H,7H2,1H3,(H3,12,14,15). The maximum absolute atomic E-state index is 11.9. The number of carbonyl (C=O) groups excluding carboxylic acids is 1. The number of nitrogens with one attached hydrogen (secondary N) is 1. The average molecular weight is 231 g/mol. The molecule has 0 fully saturated rings. The van der Waals surface area contributed by atoms with E-state index in [2.05, 4.69) is 15.2 Å². The van der Waals surface area contributed by atoms with Crippen molar-refractivity contribution in [2.45, 2.75) is 6.54 Å². The van der Waals surface area contributed by atoms with Gasteiger partial charge in [0, 0.05) is 32.1 Å². The lowest BCUT2D eigenvalue weighted by Gasteiger charge is -2.15. The van der Waals surface area contributed by atoms with Gasteiger partial charge in [-0.15, -0.1) is 0 Å². The Morgan fingerprint density at radius 1 is 1.47 bits per heavy atom. The lowest BCUT2D eigenvalue weighted by atomic mass is 10.2. The van der Waals surface area contributed by atoms with Gasteiger partial charge in [0.05, 0.1) is 0 Å². The Morgan fingerprint density at radius 3 is 2.76 bits per heavy atom. The molecule has 6 heteroatoms. The average Bonchev–Trinajstić information content (AvgIpc) is 2.76. The molecule has 1 amide bonds. The molecule has 3 N–H and O–H groups in total. The van der Waals surface area contributed by atoms with Crippen molar-refractivity contribution >= 4 is 11.7 Å². The van der Waals surface area contributed by atoms with E-state index in [1.165, 1.54) is 6.07 Å². The van der Waals surface area contributed by atoms with Gasteiger partial charge in [-0.3, -0.25) is 14.9 Å². The van der Waals surface area contributed by atoms with Crippen LogP contribution < -0.4 is 5.73 Å². The molecule has 0 atom stereocenters. The summed E-state index contributed by atoms with van der Waals surface area (Å²) in [6, 6.07) is 5.25. The van der Waals surface area contributed by atoms with Crippen LogP contribution in [0.4, 0.5) is 5.82 Å². The predicted molar refractivity (Wildman–Crippen MR) is 63.0 cm³/mol. The summed E-state index contributed by atoms with van der Waals surface area (Å²) in [7, 11) is 1.72. The normalized spacial score (nSPS) is 10.2. The Bertz CT molecular complexity index is 508. The summed E-state index contributed by atoms with van der Waals surface area (Å²) >= 11 is 0. The monoisotopic (exact) mass is 231 g/mol. The molecule has 0 saturated heterocycles. The molecule has 0 aliphatic carbocycles. The second-order valence-corrected chi connectivity index (χ2v) is 3.72. The van der Waals surface area contributed by atoms with Crippen LogP contribution in [0.3, 0.4) is 0 Å². The van der Waals surface area contributed by atoms with E-state index < -0.39 is 0 Å². The molecule has 0 radical (unpaired) electrons. The zero-order chi connectivity index (χ0) is 12.3. The number of anilines is 1. The van der Waals surface area contributed by atoms with Gasteiger partial charge in [0.1, 0.15) is 11.5 Å². The summed E-state index contributed by atoms with van der Waals surface area (Å²) in [5.41, 5.74) is 6.85. The highest BCUT2D eigenvalue weighted by Gasteiger charge is 2.14. The first-order valence-electron chi connectivity index (χ1n) is 5.12. The molecule has 0 spiro atoms. The van der Waals surface area contributed by atoms with Crippen LogP contribution >= 0.6 is 0 Å². The molecule has 6 nitrogen and oxygen atoms in total. The molecule has 0 saturated carbocycles. The SMILES string of the molecule is CN(Cc1ccncc1)C(=O)c1cc(N)n[nH]1. The Balaban J connectivity index is 2.06. The molecular formula is C11H13N5O. The number of nitrogens with zero attached hydrogens (tertiary/aromatic N) is 3. The molecule has 0 bridgehead atoms. The van der Waals surface area contributed by atoms with Crippen LogP contribution in [0, 0.1) is 0 Å². The van der Waals surface area contributed by atoms with Crippen molar-refractivity contribution in [1.82, 2.24) is 20.1 Å². The van der Waals surface area contributed by atoms with Gasteiger partial charge in [-0.1, -0.05) is 0 Å². The molecule has 2 heterocycles. The highest BCUT2D eigenvalue weighted by atomic mass is 16.2. The van der Waals surface area contributed by atoms with E-state index in [1.54, 1.807) is 24.3 Å². The van der Waals surface area contributed by atoms with Gasteiger partial charge >= 0.3 is 0 Å². The van der Waals surface area contributed by atoms with Crippen molar-refractivity contribution < 1.29 is 4.79 Å². The van der Waals surface area contributed by atoms with E-state index in [0.29, 0.717) is 18.1 Å². The quantitative estimate of drug-likeness (QED) is 0.812. The van der Waals surface area contributed by atoms with E-state index in [1.807, 2.05) is 12.1 Å². The van der Waals surface area contributed by atoms with Crippen molar-refractivity contribution in [3.05, 3.63) is 41.9 Å². The highest BCUT2D eigenvalue weighted by Crippen LogP contribution is 2.07. The molecule has 0 unspecified atom stereocenters. The van der Waals surface area contributed by atoms with Crippen LogP contribution in [0.25, 0.3) is 0 Å². The van der Waals surface area contributed by atoms with Crippen LogP contribution in [0.5, 0.6) is 0 Å². The molecular weight excluding hydrogens is 218 g/mol. The van der Waals surface area contributed by atoms with Gasteiger partial charge < -0.3 is 10.6 Å². The Labute approximate surface area is 98.5 Å². The van der Waals surface area contributed by atoms with E-state index in [-0.39, 0.29) is 5.91 Å². The number of aromatic amines is 1. The second kappa shape index (κ2) is 4.65. The Kier molecular flexibility index (Phi) is 3.04. The number of hydrogen-bond donors (Lipinski definition) is 2. The lowest BCUT2D eigenvalue weighted by molar-refractivity contribution is 0.0779. The summed E-state index contributed by atoms with van der Waals surface area (Å²) < 4.78 is 0. The summed E-state index contributed by atoms with van der Waals surface area (Å²) in [4.78, 5) is 17.5. The fraction of sp³-hybridized carbons (Fsp3) is 0.182. The highest BCUT2D eigenvalue weighted by molar-refractivity contribution is 5.92. The van der Waals surface area contributed by atoms with Crippen molar-refractivity contribution in [3.63, 3.8) is 0 Å². The number of amides is 1. The molecule has 17 heavy (non-hydrogen) atoms. The number of nitrogens with two attached hydrogens (primary N) is 1. The van der Waals surface area contributed by atoms with Gasteiger partial charge in [-0.25, -0.2) is 0 Å². The topological polar surface area (TPSA) is 87.9 Å². The van der Waals surface area contributed by atoms with Crippen molar-refractivity contribution in [2.75, 3.05) is 12.8 Å². The third kappa shape index (κ3) is 2.60. The lowest BCUT2D eigenvalue weighted by Crippen LogP contribution is -2.26. The van der Waals surface area contributed by atoms with Crippen LogP contribution in [-0.4, -0.2) is 33.0 Å². The Morgan fingerprint density at radius 2 is 2.18 bits per heavy atom. The van der Waals surface area contributed by atoms with Crippen LogP contribution in [0.1, 0.15) is 16.1 Å². The number of nitrogen functional groups attached to an aromatic ring is 1. The largest absolute Gasteiger partial charge is 0.382 e. The van der Waals surface area contributed by atoms with Gasteiger partial charge in [-0.05, 0) is 17.7 Å². The number of hydrogen-bond acceptors (Lipinski definition) is 4. The molecule has 2 rings (SSSR count). The molecule has 0 aliphatic rings. The first kappa shape index (κ1) is 11.1. The van der Waals surface area contributed by atoms with Crippen LogP contribution in [0.15, 0.2) is 30.6 Å². The molecule has 2 aromatic heterocycles. The number of carbonyl (C=O) groups is 1. The first-order valence-corrected chi connectivity index (χ1v) is 5.12. The fourth-order valence-electron chi connectivity index (χ4n) is 1.49. The van der Waals surface area contributed by atoms with E-state index >= 15 is 0 Å². The summed E-state index contributed by atoms with van der Waals surface area (Å²) in [5.74, 6) is 0.164. The third-order valence-corrected chi connectivity index (χ3v) is 2.34. The number of H-pyrrole nitrogens is 1. The molecule has 2 aromatic rings. The first-order chi connectivity index (χ1) is 8.16. The zero-order valence-corrected chi connectivity index (χ0v) is 9.42. The van der Waals surface area contributed by atoms with Gasteiger partial charge in [0.2, 0.25) is 0 Å². The van der Waals surface area contributed by atoms with E-state index in [0.717, 1.165) is 5.56 Å². The minimum absolute atomic E-state index is 0.147. The number of pyridine rings is 1. The molecule has 0 aliphatic heterocycles. The fourth-order valence-corrected chi connectivity index (χ4v) is 1.49. The van der Waals surface area contributed by atoms with E-state index in [4.69, 9.17) is 5.73 Å². The maximum Gasteiger partial charge on any atom is 0.271 e. The summed E-state index contributed by atoms with van der Waals surface area (Å²) in [5, 5.41) is 6.32. The minimum atomic E-state index is -0.147. The predicted octanol–water partition coefficient (Wildman–Crippen LogP) is 0.659. The van der Waals surface area contributed by atoms with Crippen molar-refractivity contribution in [3.8, 4) is 0 Å². The number of aromatic nitrogens is 3. The third-order valence-electron chi connectivity index (χ3n) is 2.34. The van der Waals surface area contributed by atoms with Crippen molar-refractivity contribution in [2.24, 2.45) is 0 Å².